The molecule has 1 aliphatic carbocycles. The topological polar surface area (TPSA) is 80.3 Å². The number of fused-ring (bicyclic) bond motifs is 2. The molecule has 0 amide bonds. The molecule has 2 aromatic heterocycles. The second-order valence-electron chi connectivity index (χ2n) is 10.4. The van der Waals surface area contributed by atoms with Gasteiger partial charge in [0.25, 0.3) is 0 Å². The lowest BCUT2D eigenvalue weighted by Gasteiger charge is -2.38. The molecule has 0 spiro atoms. The summed E-state index contributed by atoms with van der Waals surface area (Å²) in [5, 5.41) is 0. The van der Waals surface area contributed by atoms with Gasteiger partial charge in [-0.3, -0.25) is 0 Å². The van der Waals surface area contributed by atoms with E-state index < -0.39 is 17.7 Å². The van der Waals surface area contributed by atoms with Crippen LogP contribution in [0.1, 0.15) is 71.6 Å². The summed E-state index contributed by atoms with van der Waals surface area (Å²) in [5.74, 6) is 0.471. The van der Waals surface area contributed by atoms with Crippen molar-refractivity contribution in [1.29, 1.82) is 0 Å². The van der Waals surface area contributed by atoms with Gasteiger partial charge in [0.2, 0.25) is 5.95 Å². The highest BCUT2D eigenvalue weighted by atomic mass is 19.4. The van der Waals surface area contributed by atoms with Crippen LogP contribution in [0.5, 0.6) is 0 Å². The Morgan fingerprint density at radius 3 is 2.37 bits per heavy atom. The standard InChI is InChI=1S/C28H29F3N4O3/c1-37-26(36)17-12-33-27(34-13-17)35-18-8-9-19(35)11-20(10-18)38-15-23-22(14-32-25(23)16-6-7-16)21-4-2-3-5-24(21)28(29,30)31/h2-5,12-14,16,18-20,32H,6-11,15H2,1H3. The number of nitrogens with one attached hydrogen (secondary N) is 1. The lowest BCUT2D eigenvalue weighted by molar-refractivity contribution is -0.137. The Kier molecular flexibility index (Phi) is 6.37. The van der Waals surface area contributed by atoms with Crippen LogP contribution in [-0.2, 0) is 22.3 Å². The average Bonchev–Trinajstić information content (AvgIpc) is 3.62. The maximum atomic E-state index is 13.8. The molecular weight excluding hydrogens is 497 g/mol. The number of aromatic nitrogens is 3. The molecule has 2 unspecified atom stereocenters. The van der Waals surface area contributed by atoms with E-state index in [-0.39, 0.29) is 30.4 Å². The van der Waals surface area contributed by atoms with Crippen LogP contribution < -0.4 is 4.90 Å². The van der Waals surface area contributed by atoms with Gasteiger partial charge < -0.3 is 19.4 Å². The van der Waals surface area contributed by atoms with E-state index in [2.05, 4.69) is 19.9 Å². The maximum absolute atomic E-state index is 13.8. The van der Waals surface area contributed by atoms with Crippen LogP contribution in [0.15, 0.2) is 42.9 Å². The van der Waals surface area contributed by atoms with Crippen LogP contribution >= 0.6 is 0 Å². The Hall–Kier alpha value is -3.40. The minimum absolute atomic E-state index is 0.00856. The van der Waals surface area contributed by atoms with Crippen molar-refractivity contribution in [2.75, 3.05) is 12.0 Å². The highest BCUT2D eigenvalue weighted by Gasteiger charge is 2.43. The molecular formula is C28H29F3N4O3. The van der Waals surface area contributed by atoms with Crippen LogP contribution in [0.2, 0.25) is 0 Å². The molecule has 1 saturated carbocycles. The van der Waals surface area contributed by atoms with E-state index in [1.807, 2.05) is 0 Å². The van der Waals surface area contributed by atoms with E-state index in [1.165, 1.54) is 31.6 Å². The van der Waals surface area contributed by atoms with Crippen LogP contribution in [-0.4, -0.2) is 46.2 Å². The number of methoxy groups -OCH3 is 1. The summed E-state index contributed by atoms with van der Waals surface area (Å²) in [6, 6.07) is 6.16. The van der Waals surface area contributed by atoms with Crippen LogP contribution in [0.4, 0.5) is 19.1 Å². The van der Waals surface area contributed by atoms with Crippen molar-refractivity contribution >= 4 is 11.9 Å². The van der Waals surface area contributed by atoms with Gasteiger partial charge in [-0.25, -0.2) is 14.8 Å². The first-order valence-corrected chi connectivity index (χ1v) is 13.0. The number of hydrogen-bond donors (Lipinski definition) is 1. The zero-order valence-electron chi connectivity index (χ0n) is 21.0. The molecule has 38 heavy (non-hydrogen) atoms. The second kappa shape index (κ2) is 9.72. The number of esters is 1. The van der Waals surface area contributed by atoms with Crippen molar-refractivity contribution in [2.24, 2.45) is 0 Å². The lowest BCUT2D eigenvalue weighted by Crippen LogP contribution is -2.46. The van der Waals surface area contributed by atoms with Gasteiger partial charge in [-0.15, -0.1) is 0 Å². The SMILES string of the molecule is COC(=O)c1cnc(N2C3CCC2CC(OCc2c(-c4ccccc4C(F)(F)F)c[nH]c2C2CC2)C3)nc1. The summed E-state index contributed by atoms with van der Waals surface area (Å²) in [6.07, 6.45) is 5.87. The van der Waals surface area contributed by atoms with Gasteiger partial charge in [0, 0.05) is 47.5 Å². The number of hydrogen-bond acceptors (Lipinski definition) is 6. The van der Waals surface area contributed by atoms with Crippen molar-refractivity contribution in [3.63, 3.8) is 0 Å². The number of benzene rings is 1. The highest BCUT2D eigenvalue weighted by molar-refractivity contribution is 5.88. The number of piperidine rings is 1. The number of ether oxygens (including phenoxy) is 2. The minimum atomic E-state index is -4.44. The summed E-state index contributed by atoms with van der Waals surface area (Å²) < 4.78 is 52.5. The molecule has 2 saturated heterocycles. The molecule has 7 nitrogen and oxygen atoms in total. The van der Waals surface area contributed by atoms with Crippen molar-refractivity contribution in [3.8, 4) is 11.1 Å². The van der Waals surface area contributed by atoms with E-state index in [0.717, 1.165) is 55.8 Å². The minimum Gasteiger partial charge on any atom is -0.465 e. The fourth-order valence-electron chi connectivity index (χ4n) is 6.04. The monoisotopic (exact) mass is 526 g/mol. The second-order valence-corrected chi connectivity index (χ2v) is 10.4. The third kappa shape index (κ3) is 4.66. The van der Waals surface area contributed by atoms with Crippen LogP contribution in [0.25, 0.3) is 11.1 Å². The van der Waals surface area contributed by atoms with Crippen LogP contribution in [0.3, 0.4) is 0 Å². The summed E-state index contributed by atoms with van der Waals surface area (Å²) in [5.41, 5.74) is 2.26. The first kappa shape index (κ1) is 24.9. The lowest BCUT2D eigenvalue weighted by atomic mass is 9.96. The number of rotatable bonds is 7. The first-order chi connectivity index (χ1) is 18.3. The number of anilines is 1. The third-order valence-corrected chi connectivity index (χ3v) is 7.97. The molecule has 2 aliphatic heterocycles. The Labute approximate surface area is 218 Å². The van der Waals surface area contributed by atoms with Gasteiger partial charge in [-0.2, -0.15) is 13.2 Å². The zero-order chi connectivity index (χ0) is 26.4. The highest BCUT2D eigenvalue weighted by Crippen LogP contribution is 2.46. The van der Waals surface area contributed by atoms with Gasteiger partial charge >= 0.3 is 12.1 Å². The number of carbonyl (C=O) groups excluding carboxylic acids is 1. The summed E-state index contributed by atoms with van der Waals surface area (Å²) in [6.45, 7) is 0.269. The quantitative estimate of drug-likeness (QED) is 0.388. The van der Waals surface area contributed by atoms with Crippen molar-refractivity contribution in [3.05, 3.63) is 65.2 Å². The Balaban J connectivity index is 1.19. The van der Waals surface area contributed by atoms with Crippen LogP contribution in [0, 0.1) is 0 Å². The van der Waals surface area contributed by atoms with Crippen molar-refractivity contribution in [2.45, 2.75) is 75.4 Å². The molecule has 2 atom stereocenters. The molecule has 3 aromatic rings. The molecule has 1 N–H and O–H groups in total. The fraction of sp³-hybridized carbons (Fsp3) is 0.464. The normalized spacial score (nSPS) is 23.1. The van der Waals surface area contributed by atoms with Gasteiger partial charge in [0.1, 0.15) is 0 Å². The molecule has 2 bridgehead atoms. The first-order valence-electron chi connectivity index (χ1n) is 13.0. The van der Waals surface area contributed by atoms with Gasteiger partial charge in [0.15, 0.2) is 0 Å². The molecule has 3 aliphatic rings. The van der Waals surface area contributed by atoms with Gasteiger partial charge in [-0.05, 0) is 56.1 Å². The predicted octanol–water partition coefficient (Wildman–Crippen LogP) is 5.87. The molecule has 4 heterocycles. The Morgan fingerprint density at radius 2 is 1.74 bits per heavy atom. The van der Waals surface area contributed by atoms with Gasteiger partial charge in [0.05, 0.1) is 30.9 Å². The smallest absolute Gasteiger partial charge is 0.417 e. The van der Waals surface area contributed by atoms with E-state index in [1.54, 1.807) is 12.3 Å². The molecule has 200 valence electrons. The van der Waals surface area contributed by atoms with E-state index in [4.69, 9.17) is 9.47 Å². The number of halogens is 3. The van der Waals surface area contributed by atoms with Crippen molar-refractivity contribution < 1.29 is 27.4 Å². The molecule has 0 radical (unpaired) electrons. The van der Waals surface area contributed by atoms with Crippen molar-refractivity contribution in [1.82, 2.24) is 15.0 Å². The fourth-order valence-corrected chi connectivity index (χ4v) is 6.04. The molecule has 6 rings (SSSR count). The largest absolute Gasteiger partial charge is 0.465 e. The predicted molar refractivity (Wildman–Crippen MR) is 134 cm³/mol. The molecule has 1 aromatic carbocycles. The summed E-state index contributed by atoms with van der Waals surface area (Å²) in [4.78, 5) is 26.0. The number of alkyl halides is 3. The van der Waals surface area contributed by atoms with E-state index in [0.29, 0.717) is 23.0 Å². The summed E-state index contributed by atoms with van der Waals surface area (Å²) >= 11 is 0. The zero-order valence-corrected chi connectivity index (χ0v) is 21.0. The molecule has 10 heteroatoms. The third-order valence-electron chi connectivity index (χ3n) is 7.97. The van der Waals surface area contributed by atoms with E-state index >= 15 is 0 Å². The Bertz CT molecular complexity index is 1310. The average molecular weight is 527 g/mol. The number of nitrogens with zero attached hydrogens (tertiary/aromatic N) is 3. The Morgan fingerprint density at radius 1 is 1.05 bits per heavy atom. The number of aromatic amines is 1. The number of carbonyl (C=O) groups is 1. The van der Waals surface area contributed by atoms with Gasteiger partial charge in [-0.1, -0.05) is 18.2 Å². The summed E-state index contributed by atoms with van der Waals surface area (Å²) in [7, 11) is 1.32. The van der Waals surface area contributed by atoms with E-state index in [9.17, 15) is 18.0 Å². The maximum Gasteiger partial charge on any atom is 0.417 e. The number of H-pyrrole nitrogens is 1. The molecule has 3 fully saturated rings.